The van der Waals surface area contributed by atoms with Crippen molar-refractivity contribution in [2.45, 2.75) is 26.2 Å². The van der Waals surface area contributed by atoms with E-state index in [-0.39, 0.29) is 8.31 Å². The van der Waals surface area contributed by atoms with Gasteiger partial charge in [0, 0.05) is 0 Å². The van der Waals surface area contributed by atoms with Gasteiger partial charge in [0.2, 0.25) is 0 Å². The van der Waals surface area contributed by atoms with Crippen LogP contribution in [0.5, 0.6) is 0 Å². The highest BCUT2D eigenvalue weighted by Gasteiger charge is 2.07. The Kier molecular flexibility index (Phi) is 2.57. The van der Waals surface area contributed by atoms with Crippen molar-refractivity contribution < 1.29 is 0 Å². The van der Waals surface area contributed by atoms with Gasteiger partial charge in [-0.3, -0.25) is 0 Å². The van der Waals surface area contributed by atoms with E-state index in [4.69, 9.17) is 11.1 Å². The molecule has 0 N–H and O–H groups in total. The molecule has 0 nitrogen and oxygen atoms in total. The Bertz CT molecular complexity index is 55.2. The molecule has 0 radical (unpaired) electrons. The topological polar surface area (TPSA) is 0 Å². The first-order chi connectivity index (χ1) is 2.94. The summed E-state index contributed by atoms with van der Waals surface area (Å²) in [6.07, 6.45) is 0. The number of hydrogen-bond acceptors (Lipinski definition) is 0. The predicted octanol–water partition coefficient (Wildman–Crippen LogP) is 2.26. The van der Waals surface area contributed by atoms with E-state index >= 15 is 0 Å². The maximum Gasteiger partial charge on any atom is -0.00758 e. The average molecular weight is 152 g/mol. The fourth-order valence-electron chi connectivity index (χ4n) is 0. The van der Waals surface area contributed by atoms with Crippen molar-refractivity contribution >= 4 is 26.3 Å². The SMILES string of the molecule is C[Si-](C)[Si](C)(C)Cl. The summed E-state index contributed by atoms with van der Waals surface area (Å²) >= 11 is 6.05. The molecule has 0 spiro atoms. The highest BCUT2D eigenvalue weighted by Crippen LogP contribution is 2.10. The van der Waals surface area contributed by atoms with E-state index in [1.54, 1.807) is 0 Å². The molecule has 0 rings (SSSR count). The second kappa shape index (κ2) is 2.33. The molecule has 0 aromatic heterocycles. The summed E-state index contributed by atoms with van der Waals surface area (Å²) in [4.78, 5) is 0. The molecular weight excluding hydrogens is 140 g/mol. The van der Waals surface area contributed by atoms with Gasteiger partial charge >= 0.3 is 0 Å². The van der Waals surface area contributed by atoms with Crippen LogP contribution in [0, 0.1) is 0 Å². The zero-order valence-corrected chi connectivity index (χ0v) is 8.13. The monoisotopic (exact) mass is 151 g/mol. The molecule has 3 heteroatoms. The van der Waals surface area contributed by atoms with Crippen LogP contribution in [0.3, 0.4) is 0 Å². The molecule has 0 bridgehead atoms. The van der Waals surface area contributed by atoms with Gasteiger partial charge in [0.05, 0.1) is 0 Å². The maximum atomic E-state index is 6.05. The second-order valence-electron chi connectivity index (χ2n) is 2.47. The number of rotatable bonds is 1. The van der Waals surface area contributed by atoms with Gasteiger partial charge in [0.15, 0.2) is 0 Å². The lowest BCUT2D eigenvalue weighted by Crippen LogP contribution is -2.34. The molecular formula is C4H12ClSi2-. The van der Waals surface area contributed by atoms with Crippen molar-refractivity contribution in [1.29, 1.82) is 0 Å². The molecule has 0 aliphatic rings. The van der Waals surface area contributed by atoms with Crippen LogP contribution >= 0.6 is 11.1 Å². The minimum atomic E-state index is -1.16. The summed E-state index contributed by atoms with van der Waals surface area (Å²) in [5.74, 6) is 0. The van der Waals surface area contributed by atoms with Crippen molar-refractivity contribution in [1.82, 2.24) is 0 Å². The molecule has 0 saturated carbocycles. The molecule has 0 atom stereocenters. The molecule has 0 amide bonds. The average Bonchev–Trinajstić information content (AvgIpc) is 1.31. The second-order valence-corrected chi connectivity index (χ2v) is 18.0. The zero-order chi connectivity index (χ0) is 6.08. The summed E-state index contributed by atoms with van der Waals surface area (Å²) in [6, 6.07) is 0. The minimum absolute atomic E-state index is 0.146. The summed E-state index contributed by atoms with van der Waals surface area (Å²) in [5.41, 5.74) is 0. The van der Waals surface area contributed by atoms with Crippen LogP contribution in [0.25, 0.3) is 0 Å². The Morgan fingerprint density at radius 3 is 1.43 bits per heavy atom. The van der Waals surface area contributed by atoms with Crippen molar-refractivity contribution in [3.8, 4) is 0 Å². The Hall–Kier alpha value is 0.724. The normalized spacial score (nSPS) is 12.9. The van der Waals surface area contributed by atoms with Gasteiger partial charge in [-0.25, -0.2) is 19.4 Å². The Morgan fingerprint density at radius 2 is 1.43 bits per heavy atom. The number of halogens is 1. The van der Waals surface area contributed by atoms with E-state index in [2.05, 4.69) is 26.2 Å². The quantitative estimate of drug-likeness (QED) is 0.399. The fourth-order valence-corrected chi connectivity index (χ4v) is 0. The van der Waals surface area contributed by atoms with Gasteiger partial charge in [-0.05, 0) is 6.90 Å². The lowest BCUT2D eigenvalue weighted by molar-refractivity contribution is 1.95. The van der Waals surface area contributed by atoms with Crippen LogP contribution in [-0.4, -0.2) is 15.2 Å². The molecule has 0 saturated heterocycles. The molecule has 0 aliphatic heterocycles. The highest BCUT2D eigenvalue weighted by molar-refractivity contribution is 7.52. The lowest BCUT2D eigenvalue weighted by Gasteiger charge is -2.30. The molecule has 7 heavy (non-hydrogen) atoms. The van der Waals surface area contributed by atoms with Crippen molar-refractivity contribution in [2.75, 3.05) is 0 Å². The molecule has 0 unspecified atom stereocenters. The van der Waals surface area contributed by atoms with Crippen LogP contribution in [0.4, 0.5) is 0 Å². The molecule has 0 aromatic rings. The third kappa shape index (κ3) is 3.32. The summed E-state index contributed by atoms with van der Waals surface area (Å²) in [6.45, 7) is 7.83. The van der Waals surface area contributed by atoms with Gasteiger partial charge in [-0.1, -0.05) is 13.1 Å². The van der Waals surface area contributed by atoms with Gasteiger partial charge in [-0.15, -0.1) is 0 Å². The highest BCUT2D eigenvalue weighted by atomic mass is 35.6. The molecule has 0 heterocycles. The standard InChI is InChI=1S/C4H12ClSi2/c1-6(2)7(3,4)5/h1-4H3/q-1. The first kappa shape index (κ1) is 7.72. The molecule has 44 valence electrons. The van der Waals surface area contributed by atoms with Crippen molar-refractivity contribution in [2.24, 2.45) is 0 Å². The molecule has 0 aromatic carbocycles. The lowest BCUT2D eigenvalue weighted by atomic mass is 11.9. The Labute approximate surface area is 53.0 Å². The molecule has 0 fully saturated rings. The van der Waals surface area contributed by atoms with E-state index in [9.17, 15) is 0 Å². The van der Waals surface area contributed by atoms with Gasteiger partial charge in [0.25, 0.3) is 0 Å². The van der Waals surface area contributed by atoms with Crippen LogP contribution in [-0.2, 0) is 0 Å². The minimum Gasteiger partial charge on any atom is -0.246 e. The van der Waals surface area contributed by atoms with Crippen LogP contribution in [0.2, 0.25) is 26.2 Å². The largest absolute Gasteiger partial charge is 0.246 e. The van der Waals surface area contributed by atoms with Crippen molar-refractivity contribution in [3.05, 3.63) is 0 Å². The summed E-state index contributed by atoms with van der Waals surface area (Å²) in [5, 5.41) is 0. The third-order valence-electron chi connectivity index (χ3n) is 1.19. The van der Waals surface area contributed by atoms with E-state index < -0.39 is 6.90 Å². The maximum absolute atomic E-state index is 6.05. The first-order valence-corrected chi connectivity index (χ1v) is 9.95. The first-order valence-electron chi connectivity index (χ1n) is 2.44. The van der Waals surface area contributed by atoms with Gasteiger partial charge < -0.3 is 0 Å². The zero-order valence-electron chi connectivity index (χ0n) is 5.38. The van der Waals surface area contributed by atoms with E-state index in [0.717, 1.165) is 0 Å². The number of hydrogen-bond donors (Lipinski definition) is 0. The fraction of sp³-hybridized carbons (Fsp3) is 1.00. The van der Waals surface area contributed by atoms with Crippen molar-refractivity contribution in [3.63, 3.8) is 0 Å². The Balaban J connectivity index is 3.54. The third-order valence-corrected chi connectivity index (χ3v) is 14.1. The summed E-state index contributed by atoms with van der Waals surface area (Å²) in [7, 11) is -0.146. The van der Waals surface area contributed by atoms with Crippen LogP contribution in [0.1, 0.15) is 0 Å². The van der Waals surface area contributed by atoms with E-state index in [1.807, 2.05) is 0 Å². The molecule has 0 aliphatic carbocycles. The van der Waals surface area contributed by atoms with E-state index in [0.29, 0.717) is 0 Å². The van der Waals surface area contributed by atoms with Crippen LogP contribution < -0.4 is 0 Å². The van der Waals surface area contributed by atoms with E-state index in [1.165, 1.54) is 0 Å². The predicted molar refractivity (Wildman–Crippen MR) is 40.8 cm³/mol. The van der Waals surface area contributed by atoms with Gasteiger partial charge in [-0.2, -0.15) is 13.1 Å². The smallest absolute Gasteiger partial charge is 0.00758 e. The van der Waals surface area contributed by atoms with Crippen LogP contribution in [0.15, 0.2) is 0 Å². The Morgan fingerprint density at radius 1 is 1.29 bits per heavy atom. The van der Waals surface area contributed by atoms with Gasteiger partial charge in [0.1, 0.15) is 0 Å². The summed E-state index contributed by atoms with van der Waals surface area (Å²) < 4.78 is 0.